The molecule has 0 aliphatic carbocycles. The highest BCUT2D eigenvalue weighted by Gasteiger charge is 2.40. The first-order valence-corrected chi connectivity index (χ1v) is 9.13. The Bertz CT molecular complexity index is 664. The van der Waals surface area contributed by atoms with E-state index in [1.54, 1.807) is 9.80 Å². The average molecular weight is 359 g/mol. The van der Waals surface area contributed by atoms with Crippen LogP contribution in [0.25, 0.3) is 0 Å². The summed E-state index contributed by atoms with van der Waals surface area (Å²) in [4.78, 5) is 38.8. The smallest absolute Gasteiger partial charge is 0.317 e. The van der Waals surface area contributed by atoms with Crippen LogP contribution in [-0.4, -0.2) is 65.0 Å². The quantitative estimate of drug-likeness (QED) is 0.750. The molecular weight excluding hydrogens is 334 g/mol. The summed E-state index contributed by atoms with van der Waals surface area (Å²) in [6, 6.07) is 9.97. The molecule has 1 aromatic rings. The molecule has 26 heavy (non-hydrogen) atoms. The number of benzene rings is 1. The average Bonchev–Trinajstić information content (AvgIpc) is 3.26. The lowest BCUT2D eigenvalue weighted by atomic mass is 10.1. The topological polar surface area (TPSA) is 90.0 Å². The first kappa shape index (κ1) is 18.2. The lowest BCUT2D eigenvalue weighted by Crippen LogP contribution is -2.43. The van der Waals surface area contributed by atoms with Crippen LogP contribution < -0.4 is 5.32 Å². The van der Waals surface area contributed by atoms with Crippen LogP contribution in [-0.2, 0) is 16.0 Å². The van der Waals surface area contributed by atoms with Gasteiger partial charge in [-0.3, -0.25) is 9.59 Å². The SMILES string of the molecule is O=C(O)C1CC(=O)N(C2CCN(C(=O)NCCCc3ccccc3)C2)C1. The Morgan fingerprint density at radius 2 is 1.96 bits per heavy atom. The molecule has 3 rings (SSSR count). The zero-order chi connectivity index (χ0) is 18.5. The molecule has 0 saturated carbocycles. The second-order valence-electron chi connectivity index (χ2n) is 6.99. The minimum atomic E-state index is -0.924. The van der Waals surface area contributed by atoms with E-state index >= 15 is 0 Å². The summed E-state index contributed by atoms with van der Waals surface area (Å²) in [6.07, 6.45) is 2.56. The van der Waals surface area contributed by atoms with Crippen molar-refractivity contribution in [3.8, 4) is 0 Å². The molecule has 140 valence electrons. The second-order valence-corrected chi connectivity index (χ2v) is 6.99. The third-order valence-electron chi connectivity index (χ3n) is 5.16. The molecule has 7 nitrogen and oxygen atoms in total. The maximum atomic E-state index is 12.3. The van der Waals surface area contributed by atoms with E-state index in [0.29, 0.717) is 26.1 Å². The molecule has 2 saturated heterocycles. The van der Waals surface area contributed by atoms with Gasteiger partial charge in [0.2, 0.25) is 5.91 Å². The predicted molar refractivity (Wildman–Crippen MR) is 95.6 cm³/mol. The number of rotatable bonds is 6. The standard InChI is InChI=1S/C19H25N3O4/c23-17-11-15(18(24)25)12-22(17)16-8-10-21(13-16)19(26)20-9-4-7-14-5-2-1-3-6-14/h1-3,5-6,15-16H,4,7-13H2,(H,20,26)(H,24,25). The maximum Gasteiger partial charge on any atom is 0.317 e. The number of hydrogen-bond acceptors (Lipinski definition) is 3. The zero-order valence-corrected chi connectivity index (χ0v) is 14.8. The first-order chi connectivity index (χ1) is 12.5. The maximum absolute atomic E-state index is 12.3. The van der Waals surface area contributed by atoms with Crippen molar-refractivity contribution < 1.29 is 19.5 Å². The molecule has 2 unspecified atom stereocenters. The normalized spacial score (nSPS) is 22.7. The molecule has 1 aromatic carbocycles. The number of carboxylic acids is 1. The third kappa shape index (κ3) is 4.33. The zero-order valence-electron chi connectivity index (χ0n) is 14.8. The van der Waals surface area contributed by atoms with Crippen LogP contribution in [0, 0.1) is 5.92 Å². The van der Waals surface area contributed by atoms with Crippen LogP contribution in [0.15, 0.2) is 30.3 Å². The number of urea groups is 1. The summed E-state index contributed by atoms with van der Waals surface area (Å²) in [5.74, 6) is -1.66. The van der Waals surface area contributed by atoms with Gasteiger partial charge in [-0.05, 0) is 24.8 Å². The van der Waals surface area contributed by atoms with E-state index in [2.05, 4.69) is 17.4 Å². The van der Waals surface area contributed by atoms with E-state index in [0.717, 1.165) is 12.8 Å². The van der Waals surface area contributed by atoms with Gasteiger partial charge in [0.05, 0.1) is 12.0 Å². The number of carbonyl (C=O) groups excluding carboxylic acids is 2. The second kappa shape index (κ2) is 8.21. The van der Waals surface area contributed by atoms with Crippen molar-refractivity contribution in [3.63, 3.8) is 0 Å². The van der Waals surface area contributed by atoms with Gasteiger partial charge in [0.1, 0.15) is 0 Å². The van der Waals surface area contributed by atoms with Gasteiger partial charge in [0.25, 0.3) is 0 Å². The molecule has 0 bridgehead atoms. The Morgan fingerprint density at radius 3 is 2.65 bits per heavy atom. The van der Waals surface area contributed by atoms with Gasteiger partial charge in [0.15, 0.2) is 0 Å². The van der Waals surface area contributed by atoms with Crippen molar-refractivity contribution in [3.05, 3.63) is 35.9 Å². The van der Waals surface area contributed by atoms with Crippen LogP contribution in [0.2, 0.25) is 0 Å². The van der Waals surface area contributed by atoms with Crippen LogP contribution in [0.5, 0.6) is 0 Å². The number of carboxylic acid groups (broad SMARTS) is 1. The highest BCUT2D eigenvalue weighted by atomic mass is 16.4. The van der Waals surface area contributed by atoms with Crippen LogP contribution in [0.3, 0.4) is 0 Å². The van der Waals surface area contributed by atoms with Crippen molar-refractivity contribution in [2.75, 3.05) is 26.2 Å². The molecule has 2 atom stereocenters. The molecule has 3 amide bonds. The molecule has 2 N–H and O–H groups in total. The van der Waals surface area contributed by atoms with Crippen molar-refractivity contribution in [1.29, 1.82) is 0 Å². The van der Waals surface area contributed by atoms with Gasteiger partial charge in [0, 0.05) is 32.6 Å². The largest absolute Gasteiger partial charge is 0.481 e. The summed E-state index contributed by atoms with van der Waals surface area (Å²) < 4.78 is 0. The molecule has 2 fully saturated rings. The Kier molecular flexibility index (Phi) is 5.75. The fourth-order valence-electron chi connectivity index (χ4n) is 3.67. The molecule has 2 heterocycles. The first-order valence-electron chi connectivity index (χ1n) is 9.13. The van der Waals surface area contributed by atoms with Gasteiger partial charge < -0.3 is 20.2 Å². The monoisotopic (exact) mass is 359 g/mol. The van der Waals surface area contributed by atoms with E-state index in [1.807, 2.05) is 18.2 Å². The highest BCUT2D eigenvalue weighted by molar-refractivity contribution is 5.86. The minimum absolute atomic E-state index is 0.0670. The summed E-state index contributed by atoms with van der Waals surface area (Å²) in [6.45, 7) is 1.93. The Labute approximate surface area is 153 Å². The van der Waals surface area contributed by atoms with E-state index in [4.69, 9.17) is 5.11 Å². The number of nitrogens with zero attached hydrogens (tertiary/aromatic N) is 2. The number of hydrogen-bond donors (Lipinski definition) is 2. The Morgan fingerprint density at radius 1 is 1.19 bits per heavy atom. The van der Waals surface area contributed by atoms with Gasteiger partial charge in [-0.15, -0.1) is 0 Å². The molecule has 0 aromatic heterocycles. The van der Waals surface area contributed by atoms with Gasteiger partial charge in [-0.25, -0.2) is 4.79 Å². The van der Waals surface area contributed by atoms with Crippen molar-refractivity contribution >= 4 is 17.9 Å². The number of amides is 3. The third-order valence-corrected chi connectivity index (χ3v) is 5.16. The van der Waals surface area contributed by atoms with Crippen molar-refractivity contribution in [2.45, 2.75) is 31.7 Å². The molecule has 7 heteroatoms. The lowest BCUT2D eigenvalue weighted by Gasteiger charge is -2.24. The summed E-state index contributed by atoms with van der Waals surface area (Å²) in [5.41, 5.74) is 1.25. The van der Waals surface area contributed by atoms with E-state index in [9.17, 15) is 14.4 Å². The summed E-state index contributed by atoms with van der Waals surface area (Å²) in [5, 5.41) is 12.0. The Hall–Kier alpha value is -2.57. The predicted octanol–water partition coefficient (Wildman–Crippen LogP) is 1.34. The summed E-state index contributed by atoms with van der Waals surface area (Å²) in [7, 11) is 0. The summed E-state index contributed by atoms with van der Waals surface area (Å²) >= 11 is 0. The molecular formula is C19H25N3O4. The molecule has 2 aliphatic rings. The molecule has 0 radical (unpaired) electrons. The number of aliphatic carboxylic acids is 1. The van der Waals surface area contributed by atoms with Crippen LogP contribution in [0.1, 0.15) is 24.8 Å². The van der Waals surface area contributed by atoms with E-state index < -0.39 is 11.9 Å². The van der Waals surface area contributed by atoms with E-state index in [1.165, 1.54) is 5.56 Å². The van der Waals surface area contributed by atoms with Crippen LogP contribution >= 0.6 is 0 Å². The van der Waals surface area contributed by atoms with Gasteiger partial charge in [-0.1, -0.05) is 30.3 Å². The fraction of sp³-hybridized carbons (Fsp3) is 0.526. The molecule has 0 spiro atoms. The highest BCUT2D eigenvalue weighted by Crippen LogP contribution is 2.25. The van der Waals surface area contributed by atoms with Gasteiger partial charge >= 0.3 is 12.0 Å². The fourth-order valence-corrected chi connectivity index (χ4v) is 3.67. The number of nitrogens with one attached hydrogen (secondary N) is 1. The number of aryl methyl sites for hydroxylation is 1. The minimum Gasteiger partial charge on any atom is -0.481 e. The van der Waals surface area contributed by atoms with Gasteiger partial charge in [-0.2, -0.15) is 0 Å². The van der Waals surface area contributed by atoms with Crippen LogP contribution in [0.4, 0.5) is 4.79 Å². The van der Waals surface area contributed by atoms with Crippen molar-refractivity contribution in [2.24, 2.45) is 5.92 Å². The lowest BCUT2D eigenvalue weighted by molar-refractivity contribution is -0.141. The Balaban J connectivity index is 1.40. The molecule has 2 aliphatic heterocycles. The van der Waals surface area contributed by atoms with E-state index in [-0.39, 0.29) is 30.9 Å². The number of likely N-dealkylation sites (tertiary alicyclic amines) is 2. The van der Waals surface area contributed by atoms with Crippen molar-refractivity contribution in [1.82, 2.24) is 15.1 Å². The number of carbonyl (C=O) groups is 3.